The van der Waals surface area contributed by atoms with Gasteiger partial charge in [0.2, 0.25) is 0 Å². The SMILES string of the molecule is CCOC(=O)c1c(NC=C(C#N)c2nc(-c3ccc(Cl)c(Cl)c3)cs2)sc2c1CCCC2. The minimum atomic E-state index is -0.322. The summed E-state index contributed by atoms with van der Waals surface area (Å²) >= 11 is 15.0. The molecule has 0 saturated carbocycles. The van der Waals surface area contributed by atoms with Crippen LogP contribution in [0.15, 0.2) is 29.8 Å². The van der Waals surface area contributed by atoms with Gasteiger partial charge in [0.1, 0.15) is 21.7 Å². The average molecular weight is 504 g/mol. The molecule has 0 bridgehead atoms. The number of nitrogens with zero attached hydrogens (tertiary/aromatic N) is 2. The molecule has 1 aromatic carbocycles. The number of aromatic nitrogens is 1. The molecule has 1 aliphatic rings. The van der Waals surface area contributed by atoms with Crippen molar-refractivity contribution in [1.29, 1.82) is 5.26 Å². The third-order valence-electron chi connectivity index (χ3n) is 5.07. The number of rotatable bonds is 6. The topological polar surface area (TPSA) is 75.0 Å². The number of hydrogen-bond acceptors (Lipinski definition) is 7. The number of nitriles is 1. The Morgan fingerprint density at radius 2 is 2.12 bits per heavy atom. The van der Waals surface area contributed by atoms with Crippen molar-refractivity contribution in [2.45, 2.75) is 32.6 Å². The lowest BCUT2D eigenvalue weighted by molar-refractivity contribution is 0.0526. The van der Waals surface area contributed by atoms with Gasteiger partial charge in [-0.3, -0.25) is 0 Å². The third-order valence-corrected chi connectivity index (χ3v) is 7.91. The van der Waals surface area contributed by atoms with Crippen LogP contribution in [0.2, 0.25) is 10.0 Å². The second kappa shape index (κ2) is 10.1. The fourth-order valence-electron chi connectivity index (χ4n) is 3.55. The molecular weight excluding hydrogens is 485 g/mol. The fraction of sp³-hybridized carbons (Fsp3) is 0.261. The molecule has 2 heterocycles. The number of esters is 1. The average Bonchev–Trinajstić information content (AvgIpc) is 3.41. The van der Waals surface area contributed by atoms with Gasteiger partial charge < -0.3 is 10.1 Å². The van der Waals surface area contributed by atoms with E-state index in [4.69, 9.17) is 27.9 Å². The van der Waals surface area contributed by atoms with E-state index in [1.807, 2.05) is 11.4 Å². The van der Waals surface area contributed by atoms with Crippen LogP contribution < -0.4 is 5.32 Å². The largest absolute Gasteiger partial charge is 0.462 e. The highest BCUT2D eigenvalue weighted by Crippen LogP contribution is 2.39. The van der Waals surface area contributed by atoms with Crippen LogP contribution in [0, 0.1) is 11.3 Å². The monoisotopic (exact) mass is 503 g/mol. The van der Waals surface area contributed by atoms with Gasteiger partial charge in [0, 0.05) is 22.0 Å². The first-order chi connectivity index (χ1) is 15.5. The van der Waals surface area contributed by atoms with E-state index in [0.29, 0.717) is 43.5 Å². The summed E-state index contributed by atoms with van der Waals surface area (Å²) < 4.78 is 5.29. The number of benzene rings is 1. The van der Waals surface area contributed by atoms with Crippen LogP contribution in [0.4, 0.5) is 5.00 Å². The normalized spacial score (nSPS) is 13.4. The minimum Gasteiger partial charge on any atom is -0.462 e. The molecule has 4 rings (SSSR count). The van der Waals surface area contributed by atoms with Gasteiger partial charge in [-0.25, -0.2) is 9.78 Å². The van der Waals surface area contributed by atoms with E-state index >= 15 is 0 Å². The van der Waals surface area contributed by atoms with E-state index < -0.39 is 0 Å². The second-order valence-electron chi connectivity index (χ2n) is 7.12. The summed E-state index contributed by atoms with van der Waals surface area (Å²) in [5.74, 6) is -0.322. The molecule has 0 fully saturated rings. The number of hydrogen-bond donors (Lipinski definition) is 1. The maximum absolute atomic E-state index is 12.6. The number of allylic oxidation sites excluding steroid dienone is 1. The van der Waals surface area contributed by atoms with Crippen LogP contribution in [0.3, 0.4) is 0 Å². The Morgan fingerprint density at radius 3 is 2.88 bits per heavy atom. The lowest BCUT2D eigenvalue weighted by atomic mass is 9.95. The van der Waals surface area contributed by atoms with Crippen LogP contribution in [0.1, 0.15) is 45.6 Å². The first-order valence-electron chi connectivity index (χ1n) is 10.1. The molecule has 0 aliphatic heterocycles. The van der Waals surface area contributed by atoms with Crippen molar-refractivity contribution in [3.63, 3.8) is 0 Å². The number of thiazole rings is 1. The van der Waals surface area contributed by atoms with Crippen LogP contribution in [0.5, 0.6) is 0 Å². The van der Waals surface area contributed by atoms with Gasteiger partial charge in [0.15, 0.2) is 0 Å². The Labute approximate surface area is 204 Å². The molecular formula is C23H19Cl2N3O2S2. The van der Waals surface area contributed by atoms with Crippen molar-refractivity contribution < 1.29 is 9.53 Å². The highest BCUT2D eigenvalue weighted by atomic mass is 35.5. The zero-order valence-corrected chi connectivity index (χ0v) is 20.4. The highest BCUT2D eigenvalue weighted by Gasteiger charge is 2.26. The Morgan fingerprint density at radius 1 is 1.31 bits per heavy atom. The number of anilines is 1. The third kappa shape index (κ3) is 4.69. The Bertz CT molecular complexity index is 1240. The first-order valence-corrected chi connectivity index (χ1v) is 12.6. The first kappa shape index (κ1) is 22.8. The van der Waals surface area contributed by atoms with Gasteiger partial charge in [-0.15, -0.1) is 22.7 Å². The van der Waals surface area contributed by atoms with Crippen molar-refractivity contribution >= 4 is 62.4 Å². The summed E-state index contributed by atoms with van der Waals surface area (Å²) in [4.78, 5) is 18.4. The van der Waals surface area contributed by atoms with Gasteiger partial charge in [-0.2, -0.15) is 5.26 Å². The Hall–Kier alpha value is -2.37. The number of thiophene rings is 1. The van der Waals surface area contributed by atoms with E-state index in [1.165, 1.54) is 16.2 Å². The number of ether oxygens (including phenoxy) is 1. The molecule has 0 saturated heterocycles. The Balaban J connectivity index is 1.62. The van der Waals surface area contributed by atoms with E-state index in [1.54, 1.807) is 36.6 Å². The second-order valence-corrected chi connectivity index (χ2v) is 9.89. The molecule has 0 spiro atoms. The van der Waals surface area contributed by atoms with Crippen molar-refractivity contribution in [3.8, 4) is 17.3 Å². The van der Waals surface area contributed by atoms with Crippen molar-refractivity contribution in [2.75, 3.05) is 11.9 Å². The number of fused-ring (bicyclic) bond motifs is 1. The number of nitrogens with one attached hydrogen (secondary N) is 1. The van der Waals surface area contributed by atoms with Crippen LogP contribution in [0.25, 0.3) is 16.8 Å². The Kier molecular flexibility index (Phi) is 7.17. The number of carbonyl (C=O) groups excluding carboxylic acids is 1. The molecule has 1 aliphatic carbocycles. The highest BCUT2D eigenvalue weighted by molar-refractivity contribution is 7.16. The van der Waals surface area contributed by atoms with E-state index in [2.05, 4.69) is 16.4 Å². The summed E-state index contributed by atoms with van der Waals surface area (Å²) in [6, 6.07) is 7.50. The minimum absolute atomic E-state index is 0.318. The predicted octanol–water partition coefficient (Wildman–Crippen LogP) is 7.21. The van der Waals surface area contributed by atoms with Gasteiger partial charge >= 0.3 is 5.97 Å². The van der Waals surface area contributed by atoms with Crippen LogP contribution >= 0.6 is 45.9 Å². The zero-order valence-electron chi connectivity index (χ0n) is 17.2. The quantitative estimate of drug-likeness (QED) is 0.284. The molecule has 0 radical (unpaired) electrons. The number of carbonyl (C=O) groups is 1. The van der Waals surface area contributed by atoms with Gasteiger partial charge in [-0.05, 0) is 50.3 Å². The van der Waals surface area contributed by atoms with Gasteiger partial charge in [-0.1, -0.05) is 29.3 Å². The molecule has 9 heteroatoms. The molecule has 32 heavy (non-hydrogen) atoms. The van der Waals surface area contributed by atoms with Crippen LogP contribution in [-0.4, -0.2) is 17.6 Å². The van der Waals surface area contributed by atoms with Crippen molar-refractivity contribution in [3.05, 3.63) is 60.8 Å². The lowest BCUT2D eigenvalue weighted by Crippen LogP contribution is -2.10. The zero-order chi connectivity index (χ0) is 22.7. The van der Waals surface area contributed by atoms with Crippen molar-refractivity contribution in [2.24, 2.45) is 0 Å². The number of halogens is 2. The van der Waals surface area contributed by atoms with E-state index in [-0.39, 0.29) is 5.97 Å². The van der Waals surface area contributed by atoms with E-state index in [9.17, 15) is 10.1 Å². The lowest BCUT2D eigenvalue weighted by Gasteiger charge is -2.12. The van der Waals surface area contributed by atoms with Gasteiger partial charge in [0.25, 0.3) is 0 Å². The summed E-state index contributed by atoms with van der Waals surface area (Å²) in [6.45, 7) is 2.12. The number of aryl methyl sites for hydroxylation is 1. The van der Waals surface area contributed by atoms with Crippen molar-refractivity contribution in [1.82, 2.24) is 4.98 Å². The maximum atomic E-state index is 12.6. The van der Waals surface area contributed by atoms with E-state index in [0.717, 1.165) is 36.8 Å². The molecule has 5 nitrogen and oxygen atoms in total. The predicted molar refractivity (Wildman–Crippen MR) is 132 cm³/mol. The summed E-state index contributed by atoms with van der Waals surface area (Å²) in [7, 11) is 0. The summed E-state index contributed by atoms with van der Waals surface area (Å²) in [5, 5.41) is 17.0. The summed E-state index contributed by atoms with van der Waals surface area (Å²) in [6.07, 6.45) is 5.62. The molecule has 0 unspecified atom stereocenters. The molecule has 1 N–H and O–H groups in total. The fourth-order valence-corrected chi connectivity index (χ4v) is 5.89. The maximum Gasteiger partial charge on any atom is 0.341 e. The molecule has 0 atom stereocenters. The standard InChI is InChI=1S/C23H19Cl2N3O2S2/c1-2-30-23(29)20-15-5-3-4-6-19(15)32-22(20)27-11-14(10-26)21-28-18(12-31-21)13-7-8-16(24)17(25)9-13/h7-9,11-12,27H,2-6H2,1H3. The molecule has 3 aromatic rings. The smallest absolute Gasteiger partial charge is 0.341 e. The van der Waals surface area contributed by atoms with Crippen LogP contribution in [-0.2, 0) is 17.6 Å². The molecule has 2 aromatic heterocycles. The summed E-state index contributed by atoms with van der Waals surface area (Å²) in [5.41, 5.74) is 3.58. The molecule has 164 valence electrons. The van der Waals surface area contributed by atoms with Gasteiger partial charge in [0.05, 0.1) is 27.9 Å². The molecule has 0 amide bonds.